The predicted molar refractivity (Wildman–Crippen MR) is 81.9 cm³/mol. The molecule has 0 aliphatic heterocycles. The summed E-state index contributed by atoms with van der Waals surface area (Å²) in [6.07, 6.45) is 6.43. The molecular formula is C19H22N+. The van der Waals surface area contributed by atoms with Gasteiger partial charge in [-0.1, -0.05) is 17.7 Å². The first kappa shape index (κ1) is 12.1. The van der Waals surface area contributed by atoms with Crippen LogP contribution in [0.4, 0.5) is 0 Å². The van der Waals surface area contributed by atoms with Gasteiger partial charge in [-0.2, -0.15) is 0 Å². The number of hydrogen-bond donors (Lipinski definition) is 0. The van der Waals surface area contributed by atoms with Crippen molar-refractivity contribution in [3.05, 3.63) is 52.7 Å². The number of aromatic nitrogens is 1. The summed E-state index contributed by atoms with van der Waals surface area (Å²) in [5, 5.41) is 0. The average molecular weight is 264 g/mol. The second-order valence-electron chi connectivity index (χ2n) is 6.67. The molecule has 4 rings (SSSR count). The average Bonchev–Trinajstić information content (AvgIpc) is 3.01. The van der Waals surface area contributed by atoms with E-state index in [0.717, 1.165) is 11.8 Å². The minimum Gasteiger partial charge on any atom is -0.201 e. The van der Waals surface area contributed by atoms with Crippen molar-refractivity contribution in [3.63, 3.8) is 0 Å². The minimum absolute atomic E-state index is 0.804. The van der Waals surface area contributed by atoms with Gasteiger partial charge in [0.2, 0.25) is 5.69 Å². The standard InChI is InChI=1S/C19H22N/c1-12-4-7-16(13(2)10-12)19-18-15-6-5-14(11-15)17(18)8-9-20(19)3/h4,7-10,14-15H,5-6,11H2,1-3H3/q+1. The molecule has 1 aromatic heterocycles. The zero-order chi connectivity index (χ0) is 13.9. The summed E-state index contributed by atoms with van der Waals surface area (Å²) in [6.45, 7) is 4.42. The Balaban J connectivity index is 1.99. The zero-order valence-corrected chi connectivity index (χ0v) is 12.6. The summed E-state index contributed by atoms with van der Waals surface area (Å²) >= 11 is 0. The van der Waals surface area contributed by atoms with Crippen LogP contribution in [0.5, 0.6) is 0 Å². The molecule has 1 saturated carbocycles. The van der Waals surface area contributed by atoms with E-state index in [1.807, 2.05) is 0 Å². The lowest BCUT2D eigenvalue weighted by atomic mass is 9.87. The Morgan fingerprint density at radius 1 is 1.05 bits per heavy atom. The Morgan fingerprint density at radius 2 is 1.85 bits per heavy atom. The molecule has 20 heavy (non-hydrogen) atoms. The van der Waals surface area contributed by atoms with Crippen LogP contribution in [0.1, 0.15) is 53.4 Å². The molecule has 2 aromatic rings. The van der Waals surface area contributed by atoms with E-state index in [2.05, 4.69) is 55.9 Å². The lowest BCUT2D eigenvalue weighted by Crippen LogP contribution is -2.33. The topological polar surface area (TPSA) is 3.88 Å². The molecule has 1 aromatic carbocycles. The van der Waals surface area contributed by atoms with Crippen molar-refractivity contribution in [2.45, 2.75) is 44.9 Å². The smallest absolute Gasteiger partial charge is 0.201 e. The Hall–Kier alpha value is -1.63. The van der Waals surface area contributed by atoms with Gasteiger partial charge in [-0.15, -0.1) is 0 Å². The van der Waals surface area contributed by atoms with Gasteiger partial charge in [-0.05, 0) is 62.1 Å². The second-order valence-corrected chi connectivity index (χ2v) is 6.67. The van der Waals surface area contributed by atoms with Gasteiger partial charge in [0.25, 0.3) is 0 Å². The highest BCUT2D eigenvalue weighted by Gasteiger charge is 2.41. The van der Waals surface area contributed by atoms with Crippen molar-refractivity contribution in [1.29, 1.82) is 0 Å². The van der Waals surface area contributed by atoms with E-state index < -0.39 is 0 Å². The number of pyridine rings is 1. The number of hydrogen-bond acceptors (Lipinski definition) is 0. The highest BCUT2D eigenvalue weighted by Crippen LogP contribution is 2.54. The Labute approximate surface area is 121 Å². The molecule has 1 heterocycles. The maximum Gasteiger partial charge on any atom is 0.216 e. The summed E-state index contributed by atoms with van der Waals surface area (Å²) in [6, 6.07) is 9.23. The van der Waals surface area contributed by atoms with Gasteiger partial charge in [-0.25, -0.2) is 4.57 Å². The Morgan fingerprint density at radius 3 is 2.65 bits per heavy atom. The predicted octanol–water partition coefficient (Wildman–Crippen LogP) is 4.16. The fourth-order valence-electron chi connectivity index (χ4n) is 4.41. The molecule has 1 nitrogen and oxygen atoms in total. The third-order valence-corrected chi connectivity index (χ3v) is 5.31. The monoisotopic (exact) mass is 264 g/mol. The van der Waals surface area contributed by atoms with Crippen LogP contribution >= 0.6 is 0 Å². The van der Waals surface area contributed by atoms with Crippen LogP contribution in [-0.4, -0.2) is 0 Å². The van der Waals surface area contributed by atoms with Crippen LogP contribution in [0, 0.1) is 13.8 Å². The molecule has 102 valence electrons. The number of rotatable bonds is 1. The number of aryl methyl sites for hydroxylation is 3. The second kappa shape index (κ2) is 4.18. The van der Waals surface area contributed by atoms with E-state index >= 15 is 0 Å². The summed E-state index contributed by atoms with van der Waals surface area (Å²) in [5.41, 5.74) is 8.92. The zero-order valence-electron chi connectivity index (χ0n) is 12.6. The van der Waals surface area contributed by atoms with Crippen LogP contribution < -0.4 is 4.57 Å². The summed E-state index contributed by atoms with van der Waals surface area (Å²) in [4.78, 5) is 0. The molecule has 2 atom stereocenters. The van der Waals surface area contributed by atoms with Crippen LogP contribution in [-0.2, 0) is 7.05 Å². The minimum atomic E-state index is 0.804. The first-order chi connectivity index (χ1) is 9.65. The highest BCUT2D eigenvalue weighted by molar-refractivity contribution is 5.68. The summed E-state index contributed by atoms with van der Waals surface area (Å²) in [5.74, 6) is 1.64. The van der Waals surface area contributed by atoms with Gasteiger partial charge >= 0.3 is 0 Å². The van der Waals surface area contributed by atoms with Crippen LogP contribution in [0.15, 0.2) is 30.5 Å². The first-order valence-electron chi connectivity index (χ1n) is 7.75. The van der Waals surface area contributed by atoms with E-state index in [1.54, 1.807) is 11.1 Å². The maximum atomic E-state index is 2.37. The fourth-order valence-corrected chi connectivity index (χ4v) is 4.41. The van der Waals surface area contributed by atoms with E-state index in [0.29, 0.717) is 0 Å². The molecule has 1 fully saturated rings. The first-order valence-corrected chi connectivity index (χ1v) is 7.75. The van der Waals surface area contributed by atoms with Gasteiger partial charge in [0, 0.05) is 17.2 Å². The number of fused-ring (bicyclic) bond motifs is 5. The van der Waals surface area contributed by atoms with E-state index in [-0.39, 0.29) is 0 Å². The van der Waals surface area contributed by atoms with Crippen LogP contribution in [0.25, 0.3) is 11.3 Å². The largest absolute Gasteiger partial charge is 0.216 e. The highest BCUT2D eigenvalue weighted by atomic mass is 14.9. The van der Waals surface area contributed by atoms with Crippen molar-refractivity contribution in [1.82, 2.24) is 0 Å². The van der Waals surface area contributed by atoms with Gasteiger partial charge in [0.15, 0.2) is 6.20 Å². The molecule has 2 bridgehead atoms. The van der Waals surface area contributed by atoms with Gasteiger partial charge in [-0.3, -0.25) is 0 Å². The van der Waals surface area contributed by atoms with E-state index in [1.165, 1.54) is 41.6 Å². The molecule has 0 spiro atoms. The third-order valence-electron chi connectivity index (χ3n) is 5.31. The van der Waals surface area contributed by atoms with Gasteiger partial charge in [0.1, 0.15) is 7.05 Å². The van der Waals surface area contributed by atoms with E-state index in [4.69, 9.17) is 0 Å². The Bertz CT molecular complexity index is 699. The van der Waals surface area contributed by atoms with Crippen molar-refractivity contribution in [3.8, 4) is 11.3 Å². The molecule has 2 unspecified atom stereocenters. The Kier molecular flexibility index (Phi) is 2.54. The summed E-state index contributed by atoms with van der Waals surface area (Å²) in [7, 11) is 2.20. The van der Waals surface area contributed by atoms with E-state index in [9.17, 15) is 0 Å². The van der Waals surface area contributed by atoms with Gasteiger partial charge < -0.3 is 0 Å². The molecule has 0 saturated heterocycles. The van der Waals surface area contributed by atoms with Crippen molar-refractivity contribution in [2.24, 2.45) is 7.05 Å². The fraction of sp³-hybridized carbons (Fsp3) is 0.421. The van der Waals surface area contributed by atoms with Gasteiger partial charge in [0.05, 0.1) is 0 Å². The molecular weight excluding hydrogens is 242 g/mol. The third kappa shape index (κ3) is 1.59. The maximum absolute atomic E-state index is 2.37. The molecule has 1 heteroatoms. The van der Waals surface area contributed by atoms with Crippen molar-refractivity contribution in [2.75, 3.05) is 0 Å². The molecule has 2 aliphatic rings. The number of benzene rings is 1. The molecule has 0 radical (unpaired) electrons. The number of nitrogens with zero attached hydrogens (tertiary/aromatic N) is 1. The molecule has 0 N–H and O–H groups in total. The lowest BCUT2D eigenvalue weighted by molar-refractivity contribution is -0.660. The molecule has 0 amide bonds. The van der Waals surface area contributed by atoms with Crippen molar-refractivity contribution >= 4 is 0 Å². The SMILES string of the molecule is Cc1ccc(-c2c3c(cc[n+]2C)C2CCC3C2)c(C)c1. The van der Waals surface area contributed by atoms with Crippen molar-refractivity contribution < 1.29 is 4.57 Å². The quantitative estimate of drug-likeness (QED) is 0.681. The lowest BCUT2D eigenvalue weighted by Gasteiger charge is -2.17. The van der Waals surface area contributed by atoms with Crippen LogP contribution in [0.3, 0.4) is 0 Å². The normalized spacial score (nSPS) is 23.1. The van der Waals surface area contributed by atoms with Crippen LogP contribution in [0.2, 0.25) is 0 Å². The summed E-state index contributed by atoms with van der Waals surface area (Å²) < 4.78 is 2.33. The molecule has 2 aliphatic carbocycles.